The van der Waals surface area contributed by atoms with E-state index in [9.17, 15) is 23.1 Å². The zero-order valence-corrected chi connectivity index (χ0v) is 25.2. The maximum absolute atomic E-state index is 13.4. The molecule has 1 aliphatic heterocycles. The molecule has 9 nitrogen and oxygen atoms in total. The molecule has 10 heteroatoms. The molecule has 1 amide bonds. The molecule has 1 atom stereocenters. The molecule has 0 unspecified atom stereocenters. The largest absolute Gasteiger partial charge is 0.487 e. The zero-order chi connectivity index (χ0) is 30.4. The number of ether oxygens (including phenoxy) is 2. The molecular weight excluding hydrogens is 556 g/mol. The van der Waals surface area contributed by atoms with Crippen LogP contribution in [0, 0.1) is 20.8 Å². The quantitative estimate of drug-likeness (QED) is 0.319. The Bertz CT molecular complexity index is 1630. The van der Waals surface area contributed by atoms with Gasteiger partial charge in [0.25, 0.3) is 0 Å². The third-order valence-corrected chi connectivity index (χ3v) is 9.95. The van der Waals surface area contributed by atoms with Crippen LogP contribution in [0.4, 0.5) is 4.79 Å². The molecule has 42 heavy (non-hydrogen) atoms. The van der Waals surface area contributed by atoms with Crippen molar-refractivity contribution in [1.82, 2.24) is 10.0 Å². The number of rotatable bonds is 9. The Balaban J connectivity index is 1.22. The third kappa shape index (κ3) is 5.48. The van der Waals surface area contributed by atoms with E-state index in [1.54, 1.807) is 13.8 Å². The Morgan fingerprint density at radius 2 is 1.60 bits per heavy atom. The Hall–Kier alpha value is -3.89. The third-order valence-electron chi connectivity index (χ3n) is 8.22. The SMILES string of the molecule is Cc1c(C)c(S(=O)(=O)NCC[C@H](NC(=O)OCC2c3ccccc3-c3ccccc32)C(=O)O)c(C)c2c1OC(C)(C)C2. The molecule has 0 saturated carbocycles. The zero-order valence-electron chi connectivity index (χ0n) is 24.4. The average Bonchev–Trinajstić information content (AvgIpc) is 3.44. The number of benzene rings is 3. The summed E-state index contributed by atoms with van der Waals surface area (Å²) in [5.41, 5.74) is 6.65. The summed E-state index contributed by atoms with van der Waals surface area (Å²) in [7, 11) is -3.97. The first kappa shape index (κ1) is 29.6. The minimum Gasteiger partial charge on any atom is -0.487 e. The first-order chi connectivity index (χ1) is 19.8. The summed E-state index contributed by atoms with van der Waals surface area (Å²) in [6.07, 6.45) is -0.462. The van der Waals surface area contributed by atoms with E-state index in [2.05, 4.69) is 10.0 Å². The van der Waals surface area contributed by atoms with Crippen molar-refractivity contribution in [2.24, 2.45) is 0 Å². The molecule has 0 saturated heterocycles. The van der Waals surface area contributed by atoms with Crippen LogP contribution in [-0.2, 0) is 26.0 Å². The number of carboxylic acids is 1. The van der Waals surface area contributed by atoms with Gasteiger partial charge in [-0.05, 0) is 80.0 Å². The number of fused-ring (bicyclic) bond motifs is 4. The van der Waals surface area contributed by atoms with Crippen LogP contribution in [0.3, 0.4) is 0 Å². The van der Waals surface area contributed by atoms with Crippen LogP contribution in [0.2, 0.25) is 0 Å². The number of aliphatic carboxylic acids is 1. The normalized spacial score (nSPS) is 15.7. The molecule has 1 heterocycles. The van der Waals surface area contributed by atoms with Crippen molar-refractivity contribution in [2.45, 2.75) is 69.9 Å². The van der Waals surface area contributed by atoms with Gasteiger partial charge in [0.2, 0.25) is 10.0 Å². The molecule has 3 aromatic carbocycles. The molecule has 3 N–H and O–H groups in total. The Kier molecular flexibility index (Phi) is 7.80. The Labute approximate surface area is 246 Å². The molecule has 3 aromatic rings. The molecule has 1 aliphatic carbocycles. The fraction of sp³-hybridized carbons (Fsp3) is 0.375. The van der Waals surface area contributed by atoms with Crippen molar-refractivity contribution < 1.29 is 32.6 Å². The van der Waals surface area contributed by atoms with E-state index in [0.29, 0.717) is 17.5 Å². The predicted octanol–water partition coefficient (Wildman–Crippen LogP) is 4.99. The maximum atomic E-state index is 13.4. The van der Waals surface area contributed by atoms with Crippen LogP contribution in [0.5, 0.6) is 5.75 Å². The summed E-state index contributed by atoms with van der Waals surface area (Å²) >= 11 is 0. The summed E-state index contributed by atoms with van der Waals surface area (Å²) in [6, 6.07) is 14.5. The standard InChI is InChI=1S/C32H36N2O7S/c1-18-19(2)29(20(3)25-16-32(4,5)41-28(18)25)42(38,39)33-15-14-27(30(35)36)34-31(37)40-17-26-23-12-8-6-10-21(23)22-11-7-9-13-24(22)26/h6-13,26-27,33H,14-17H2,1-5H3,(H,34,37)(H,35,36)/t27-/m0/s1. The van der Waals surface area contributed by atoms with Crippen LogP contribution < -0.4 is 14.8 Å². The second kappa shape index (κ2) is 11.1. The lowest BCUT2D eigenvalue weighted by atomic mass is 9.94. The van der Waals surface area contributed by atoms with Gasteiger partial charge < -0.3 is 19.9 Å². The van der Waals surface area contributed by atoms with Crippen molar-refractivity contribution in [2.75, 3.05) is 13.2 Å². The van der Waals surface area contributed by atoms with E-state index in [1.807, 2.05) is 69.3 Å². The lowest BCUT2D eigenvalue weighted by Gasteiger charge is -2.20. The summed E-state index contributed by atoms with van der Waals surface area (Å²) < 4.78 is 40.9. The van der Waals surface area contributed by atoms with Gasteiger partial charge in [-0.1, -0.05) is 48.5 Å². The van der Waals surface area contributed by atoms with E-state index in [4.69, 9.17) is 9.47 Å². The van der Waals surface area contributed by atoms with E-state index in [0.717, 1.165) is 39.1 Å². The van der Waals surface area contributed by atoms with E-state index in [-0.39, 0.29) is 30.4 Å². The summed E-state index contributed by atoms with van der Waals surface area (Å²) in [5.74, 6) is -0.730. The van der Waals surface area contributed by atoms with Crippen molar-refractivity contribution in [1.29, 1.82) is 0 Å². The number of carboxylic acid groups (broad SMARTS) is 1. The number of nitrogens with one attached hydrogen (secondary N) is 2. The van der Waals surface area contributed by atoms with Crippen LogP contribution in [0.25, 0.3) is 11.1 Å². The number of amides is 1. The van der Waals surface area contributed by atoms with Gasteiger partial charge >= 0.3 is 12.1 Å². The number of hydrogen-bond donors (Lipinski definition) is 3. The van der Waals surface area contributed by atoms with Gasteiger partial charge in [-0.25, -0.2) is 22.7 Å². The van der Waals surface area contributed by atoms with Gasteiger partial charge in [-0.2, -0.15) is 0 Å². The Morgan fingerprint density at radius 3 is 2.19 bits per heavy atom. The van der Waals surface area contributed by atoms with Crippen LogP contribution >= 0.6 is 0 Å². The predicted molar refractivity (Wildman–Crippen MR) is 158 cm³/mol. The molecule has 0 spiro atoms. The van der Waals surface area contributed by atoms with Gasteiger partial charge in [0.05, 0.1) is 4.90 Å². The second-order valence-electron chi connectivity index (χ2n) is 11.6. The minimum atomic E-state index is -3.97. The lowest BCUT2D eigenvalue weighted by Crippen LogP contribution is -2.43. The first-order valence-corrected chi connectivity index (χ1v) is 15.4. The first-order valence-electron chi connectivity index (χ1n) is 14.0. The second-order valence-corrected chi connectivity index (χ2v) is 13.3. The molecule has 0 fully saturated rings. The highest BCUT2D eigenvalue weighted by Crippen LogP contribution is 2.45. The number of carbonyl (C=O) groups excluding carboxylic acids is 1. The summed E-state index contributed by atoms with van der Waals surface area (Å²) in [5, 5.41) is 12.1. The van der Waals surface area contributed by atoms with Crippen molar-refractivity contribution >= 4 is 22.1 Å². The van der Waals surface area contributed by atoms with Gasteiger partial charge in [0, 0.05) is 24.4 Å². The number of sulfonamides is 1. The monoisotopic (exact) mass is 592 g/mol. The van der Waals surface area contributed by atoms with Crippen molar-refractivity contribution in [3.8, 4) is 16.9 Å². The number of hydrogen-bond acceptors (Lipinski definition) is 6. The highest BCUT2D eigenvalue weighted by molar-refractivity contribution is 7.89. The molecule has 5 rings (SSSR count). The van der Waals surface area contributed by atoms with E-state index in [1.165, 1.54) is 0 Å². The van der Waals surface area contributed by atoms with Crippen LogP contribution in [0.15, 0.2) is 53.4 Å². The fourth-order valence-corrected chi connectivity index (χ4v) is 7.71. The highest BCUT2D eigenvalue weighted by atomic mass is 32.2. The van der Waals surface area contributed by atoms with Gasteiger partial charge in [-0.3, -0.25) is 0 Å². The molecule has 0 bridgehead atoms. The van der Waals surface area contributed by atoms with Crippen molar-refractivity contribution in [3.05, 3.63) is 81.9 Å². The average molecular weight is 593 g/mol. The fourth-order valence-electron chi connectivity index (χ4n) is 6.10. The van der Waals surface area contributed by atoms with Crippen molar-refractivity contribution in [3.63, 3.8) is 0 Å². The van der Waals surface area contributed by atoms with E-state index < -0.39 is 33.7 Å². The van der Waals surface area contributed by atoms with Gasteiger partial charge in [0.15, 0.2) is 0 Å². The Morgan fingerprint density at radius 1 is 1.00 bits per heavy atom. The summed E-state index contributed by atoms with van der Waals surface area (Å²) in [4.78, 5) is 24.8. The molecular formula is C32H36N2O7S. The van der Waals surface area contributed by atoms with Crippen LogP contribution in [0.1, 0.15) is 59.6 Å². The topological polar surface area (TPSA) is 131 Å². The maximum Gasteiger partial charge on any atom is 0.407 e. The molecule has 0 aromatic heterocycles. The molecule has 0 radical (unpaired) electrons. The van der Waals surface area contributed by atoms with E-state index >= 15 is 0 Å². The molecule has 222 valence electrons. The minimum absolute atomic E-state index is 0.0373. The lowest BCUT2D eigenvalue weighted by molar-refractivity contribution is -0.139. The number of carbonyl (C=O) groups is 2. The number of alkyl carbamates (subject to hydrolysis) is 1. The van der Waals surface area contributed by atoms with Gasteiger partial charge in [-0.15, -0.1) is 0 Å². The highest BCUT2D eigenvalue weighted by Gasteiger charge is 2.37. The summed E-state index contributed by atoms with van der Waals surface area (Å²) in [6.45, 7) is 9.11. The molecule has 2 aliphatic rings. The van der Waals surface area contributed by atoms with Gasteiger partial charge in [0.1, 0.15) is 24.0 Å². The van der Waals surface area contributed by atoms with Crippen LogP contribution in [-0.4, -0.2) is 50.4 Å². The smallest absolute Gasteiger partial charge is 0.407 e.